The Bertz CT molecular complexity index is 494. The van der Waals surface area contributed by atoms with Crippen LogP contribution in [0.2, 0.25) is 0 Å². The van der Waals surface area contributed by atoms with Crippen LogP contribution in [0.1, 0.15) is 49.7 Å². The van der Waals surface area contributed by atoms with Gasteiger partial charge in [0.15, 0.2) is 0 Å². The molecule has 1 saturated heterocycles. The van der Waals surface area contributed by atoms with Crippen LogP contribution < -0.4 is 11.1 Å². The second-order valence-electron chi connectivity index (χ2n) is 6.65. The highest BCUT2D eigenvalue weighted by Gasteiger charge is 2.29. The molecule has 2 aliphatic rings. The molecule has 1 atom stereocenters. The van der Waals surface area contributed by atoms with E-state index in [9.17, 15) is 0 Å². The van der Waals surface area contributed by atoms with Crippen LogP contribution in [-0.4, -0.2) is 35.1 Å². The van der Waals surface area contributed by atoms with Crippen LogP contribution in [0.4, 0.5) is 0 Å². The Kier molecular flexibility index (Phi) is 5.45. The van der Waals surface area contributed by atoms with Crippen LogP contribution >= 0.6 is 12.2 Å². The first-order valence-corrected chi connectivity index (χ1v) is 9.01. The average molecular weight is 318 g/mol. The van der Waals surface area contributed by atoms with Crippen molar-refractivity contribution in [3.63, 3.8) is 0 Å². The van der Waals surface area contributed by atoms with Crippen molar-refractivity contribution in [3.05, 3.63) is 35.4 Å². The maximum Gasteiger partial charge on any atom is 0.106 e. The molecule has 2 fully saturated rings. The molecular formula is C18H27N3S. The Morgan fingerprint density at radius 3 is 2.55 bits per heavy atom. The fourth-order valence-corrected chi connectivity index (χ4v) is 4.05. The molecule has 1 aromatic carbocycles. The minimum atomic E-state index is 0.503. The highest BCUT2D eigenvalue weighted by atomic mass is 32.1. The van der Waals surface area contributed by atoms with Gasteiger partial charge in [-0.1, -0.05) is 55.7 Å². The molecule has 0 aromatic heterocycles. The summed E-state index contributed by atoms with van der Waals surface area (Å²) in [6.45, 7) is 2.95. The molecule has 0 radical (unpaired) electrons. The van der Waals surface area contributed by atoms with E-state index in [0.717, 1.165) is 28.7 Å². The summed E-state index contributed by atoms with van der Waals surface area (Å²) in [6, 6.07) is 9.59. The third-order valence-electron chi connectivity index (χ3n) is 5.10. The number of benzene rings is 1. The number of thiocarbonyl (C=S) groups is 1. The molecule has 0 bridgehead atoms. The van der Waals surface area contributed by atoms with Crippen LogP contribution in [0.3, 0.4) is 0 Å². The van der Waals surface area contributed by atoms with Crippen LogP contribution in [0, 0.1) is 0 Å². The summed E-state index contributed by atoms with van der Waals surface area (Å²) in [5, 5.41) is 3.56. The maximum absolute atomic E-state index is 5.64. The summed E-state index contributed by atoms with van der Waals surface area (Å²) in [6.07, 6.45) is 8.22. The normalized spacial score (nSPS) is 23.6. The maximum atomic E-state index is 5.64. The summed E-state index contributed by atoms with van der Waals surface area (Å²) in [5.41, 5.74) is 7.89. The van der Waals surface area contributed by atoms with Gasteiger partial charge < -0.3 is 11.1 Å². The first-order valence-electron chi connectivity index (χ1n) is 8.60. The highest BCUT2D eigenvalue weighted by Crippen LogP contribution is 2.25. The van der Waals surface area contributed by atoms with Gasteiger partial charge in [-0.15, -0.1) is 0 Å². The average Bonchev–Trinajstić information content (AvgIpc) is 3.04. The summed E-state index contributed by atoms with van der Waals surface area (Å²) >= 11 is 5.57. The zero-order valence-electron chi connectivity index (χ0n) is 13.3. The molecule has 0 amide bonds. The monoisotopic (exact) mass is 317 g/mol. The number of nitrogens with zero attached hydrogens (tertiary/aromatic N) is 1. The van der Waals surface area contributed by atoms with Gasteiger partial charge in [-0.3, -0.25) is 4.90 Å². The predicted octanol–water partition coefficient (Wildman–Crippen LogP) is 2.82. The van der Waals surface area contributed by atoms with Gasteiger partial charge in [-0.2, -0.15) is 0 Å². The van der Waals surface area contributed by atoms with Crippen molar-refractivity contribution >= 4 is 17.2 Å². The first kappa shape index (κ1) is 15.9. The van der Waals surface area contributed by atoms with E-state index in [4.69, 9.17) is 18.0 Å². The van der Waals surface area contributed by atoms with E-state index >= 15 is 0 Å². The first-order chi connectivity index (χ1) is 10.8. The lowest BCUT2D eigenvalue weighted by Crippen LogP contribution is -2.40. The van der Waals surface area contributed by atoms with Crippen molar-refractivity contribution in [3.8, 4) is 0 Å². The molecule has 0 spiro atoms. The number of nitrogens with one attached hydrogen (secondary N) is 1. The van der Waals surface area contributed by atoms with Gasteiger partial charge in [0, 0.05) is 37.3 Å². The molecule has 3 nitrogen and oxygen atoms in total. The number of rotatable bonds is 4. The molecule has 1 saturated carbocycles. The summed E-state index contributed by atoms with van der Waals surface area (Å²) < 4.78 is 0. The van der Waals surface area contributed by atoms with Gasteiger partial charge in [0.25, 0.3) is 0 Å². The van der Waals surface area contributed by atoms with E-state index in [1.54, 1.807) is 0 Å². The highest BCUT2D eigenvalue weighted by molar-refractivity contribution is 7.80. The lowest BCUT2D eigenvalue weighted by Gasteiger charge is -2.31. The van der Waals surface area contributed by atoms with E-state index < -0.39 is 0 Å². The van der Waals surface area contributed by atoms with Gasteiger partial charge in [0.05, 0.1) is 0 Å². The quantitative estimate of drug-likeness (QED) is 0.838. The Morgan fingerprint density at radius 1 is 1.14 bits per heavy atom. The summed E-state index contributed by atoms with van der Waals surface area (Å²) in [5.74, 6) is 0. The molecule has 22 heavy (non-hydrogen) atoms. The molecular weight excluding hydrogens is 290 g/mol. The lowest BCUT2D eigenvalue weighted by molar-refractivity contribution is 0.188. The molecule has 1 heterocycles. The van der Waals surface area contributed by atoms with Crippen molar-refractivity contribution in [1.29, 1.82) is 0 Å². The Labute approximate surface area is 139 Å². The van der Waals surface area contributed by atoms with Crippen molar-refractivity contribution in [2.75, 3.05) is 13.1 Å². The SMILES string of the molecule is NCc1ccc(C(=S)NC2CCN(C3CCCCC3)C2)cc1. The van der Waals surface area contributed by atoms with Gasteiger partial charge in [-0.25, -0.2) is 0 Å². The van der Waals surface area contributed by atoms with E-state index in [2.05, 4.69) is 34.5 Å². The molecule has 1 unspecified atom stereocenters. The van der Waals surface area contributed by atoms with Crippen LogP contribution in [0.15, 0.2) is 24.3 Å². The number of nitrogens with two attached hydrogens (primary N) is 1. The fourth-order valence-electron chi connectivity index (χ4n) is 3.74. The van der Waals surface area contributed by atoms with Crippen LogP contribution in [0.25, 0.3) is 0 Å². The molecule has 4 heteroatoms. The van der Waals surface area contributed by atoms with Gasteiger partial charge >= 0.3 is 0 Å². The molecule has 1 aromatic rings. The number of likely N-dealkylation sites (tertiary alicyclic amines) is 1. The second kappa shape index (κ2) is 7.53. The Hall–Kier alpha value is -0.970. The smallest absolute Gasteiger partial charge is 0.106 e. The second-order valence-corrected chi connectivity index (χ2v) is 7.06. The van der Waals surface area contributed by atoms with Crippen LogP contribution in [-0.2, 0) is 6.54 Å². The number of hydrogen-bond donors (Lipinski definition) is 2. The van der Waals surface area contributed by atoms with Crippen molar-refractivity contribution < 1.29 is 0 Å². The largest absolute Gasteiger partial charge is 0.372 e. The van der Waals surface area contributed by atoms with Gasteiger partial charge in [-0.05, 0) is 24.8 Å². The number of hydrogen-bond acceptors (Lipinski definition) is 3. The zero-order chi connectivity index (χ0) is 15.4. The van der Waals surface area contributed by atoms with Gasteiger partial charge in [0.1, 0.15) is 4.99 Å². The van der Waals surface area contributed by atoms with Crippen molar-refractivity contribution in [2.45, 2.75) is 57.2 Å². The van der Waals surface area contributed by atoms with Gasteiger partial charge in [0.2, 0.25) is 0 Å². The summed E-state index contributed by atoms with van der Waals surface area (Å²) in [4.78, 5) is 3.55. The zero-order valence-corrected chi connectivity index (χ0v) is 14.1. The molecule has 1 aliphatic carbocycles. The topological polar surface area (TPSA) is 41.3 Å². The van der Waals surface area contributed by atoms with Crippen molar-refractivity contribution in [1.82, 2.24) is 10.2 Å². The third-order valence-corrected chi connectivity index (χ3v) is 5.45. The minimum Gasteiger partial charge on any atom is -0.372 e. The van der Waals surface area contributed by atoms with E-state index in [-0.39, 0.29) is 0 Å². The van der Waals surface area contributed by atoms with Crippen LogP contribution in [0.5, 0.6) is 0 Å². The minimum absolute atomic E-state index is 0.503. The molecule has 120 valence electrons. The Morgan fingerprint density at radius 2 is 1.86 bits per heavy atom. The molecule has 3 rings (SSSR count). The lowest BCUT2D eigenvalue weighted by atomic mass is 9.94. The Balaban J connectivity index is 1.51. The van der Waals surface area contributed by atoms with E-state index in [1.807, 2.05) is 0 Å². The fraction of sp³-hybridized carbons (Fsp3) is 0.611. The standard InChI is InChI=1S/C18H27N3S/c19-12-14-6-8-15(9-7-14)18(22)20-16-10-11-21(13-16)17-4-2-1-3-5-17/h6-9,16-17H,1-5,10-13,19H2,(H,20,22). The van der Waals surface area contributed by atoms with E-state index in [1.165, 1.54) is 45.1 Å². The van der Waals surface area contributed by atoms with E-state index in [0.29, 0.717) is 12.6 Å². The molecule has 3 N–H and O–H groups in total. The van der Waals surface area contributed by atoms with Crippen molar-refractivity contribution in [2.24, 2.45) is 5.73 Å². The third kappa shape index (κ3) is 3.86. The summed E-state index contributed by atoms with van der Waals surface area (Å²) in [7, 11) is 0. The molecule has 1 aliphatic heterocycles. The predicted molar refractivity (Wildman–Crippen MR) is 96.0 cm³/mol.